The van der Waals surface area contributed by atoms with Crippen LogP contribution in [-0.4, -0.2) is 56.7 Å². The Morgan fingerprint density at radius 3 is 2.67 bits per heavy atom. The van der Waals surface area contributed by atoms with Gasteiger partial charge in [0.2, 0.25) is 5.91 Å². The predicted octanol–water partition coefficient (Wildman–Crippen LogP) is 1.06. The fraction of sp³-hybridized carbons (Fsp3) is 0.800. The minimum Gasteiger partial charge on any atom is -0.343 e. The molecule has 0 spiro atoms. The molecular formula is C15H25N5O. The summed E-state index contributed by atoms with van der Waals surface area (Å²) in [5, 5.41) is 8.50. The van der Waals surface area contributed by atoms with Crippen LogP contribution in [0.25, 0.3) is 0 Å². The molecule has 2 aliphatic rings. The smallest absolute Gasteiger partial charge is 0.223 e. The summed E-state index contributed by atoms with van der Waals surface area (Å²) in [6.07, 6.45) is 5.16. The maximum Gasteiger partial charge on any atom is 0.223 e. The number of carbonyl (C=O) groups is 1. The van der Waals surface area contributed by atoms with Crippen LogP contribution in [0.1, 0.15) is 44.3 Å². The third kappa shape index (κ3) is 3.26. The number of aryl methyl sites for hydroxylation is 1. The number of fused-ring (bicyclic) bond motifs is 1. The van der Waals surface area contributed by atoms with Gasteiger partial charge in [0.15, 0.2) is 0 Å². The van der Waals surface area contributed by atoms with Crippen LogP contribution < -0.4 is 0 Å². The molecule has 0 saturated carbocycles. The van der Waals surface area contributed by atoms with E-state index in [1.54, 1.807) is 0 Å². The van der Waals surface area contributed by atoms with Crippen molar-refractivity contribution in [3.63, 3.8) is 0 Å². The highest BCUT2D eigenvalue weighted by Crippen LogP contribution is 2.14. The monoisotopic (exact) mass is 291 g/mol. The molecule has 3 heterocycles. The quantitative estimate of drug-likeness (QED) is 0.832. The summed E-state index contributed by atoms with van der Waals surface area (Å²) in [5.74, 6) is 2.44. The molecule has 0 unspecified atom stereocenters. The van der Waals surface area contributed by atoms with E-state index in [-0.39, 0.29) is 0 Å². The Morgan fingerprint density at radius 1 is 1.10 bits per heavy atom. The Morgan fingerprint density at radius 2 is 1.90 bits per heavy atom. The Bertz CT molecular complexity index is 492. The first-order valence-electron chi connectivity index (χ1n) is 8.19. The maximum atomic E-state index is 12.2. The van der Waals surface area contributed by atoms with Crippen LogP contribution >= 0.6 is 0 Å². The molecule has 3 rings (SSSR count). The lowest BCUT2D eigenvalue weighted by Gasteiger charge is -2.30. The second-order valence-electron chi connectivity index (χ2n) is 6.01. The van der Waals surface area contributed by atoms with Gasteiger partial charge in [0, 0.05) is 45.6 Å². The van der Waals surface area contributed by atoms with Crippen molar-refractivity contribution < 1.29 is 4.79 Å². The molecule has 1 aromatic rings. The summed E-state index contributed by atoms with van der Waals surface area (Å²) in [4.78, 5) is 16.6. The number of hydrogen-bond donors (Lipinski definition) is 0. The van der Waals surface area contributed by atoms with Gasteiger partial charge in [-0.15, -0.1) is 10.2 Å². The zero-order valence-electron chi connectivity index (χ0n) is 12.9. The van der Waals surface area contributed by atoms with Crippen molar-refractivity contribution in [2.24, 2.45) is 0 Å². The van der Waals surface area contributed by atoms with Crippen LogP contribution in [0, 0.1) is 0 Å². The van der Waals surface area contributed by atoms with Gasteiger partial charge < -0.3 is 9.47 Å². The van der Waals surface area contributed by atoms with Crippen LogP contribution in [0.5, 0.6) is 0 Å². The molecule has 0 aliphatic carbocycles. The van der Waals surface area contributed by atoms with E-state index in [0.717, 1.165) is 57.3 Å². The van der Waals surface area contributed by atoms with Crippen LogP contribution in [0.15, 0.2) is 0 Å². The van der Waals surface area contributed by atoms with Crippen molar-refractivity contribution in [3.05, 3.63) is 11.6 Å². The van der Waals surface area contributed by atoms with E-state index >= 15 is 0 Å². The molecule has 1 amide bonds. The Hall–Kier alpha value is -1.43. The van der Waals surface area contributed by atoms with Crippen LogP contribution in [0.3, 0.4) is 0 Å². The normalized spacial score (nSPS) is 19.6. The number of hydrogen-bond acceptors (Lipinski definition) is 4. The molecule has 0 atom stereocenters. The van der Waals surface area contributed by atoms with Gasteiger partial charge in [-0.2, -0.15) is 0 Å². The molecule has 1 saturated heterocycles. The van der Waals surface area contributed by atoms with Gasteiger partial charge in [0.1, 0.15) is 11.6 Å². The lowest BCUT2D eigenvalue weighted by atomic mass is 10.1. The largest absolute Gasteiger partial charge is 0.343 e. The topological polar surface area (TPSA) is 54.3 Å². The Kier molecular flexibility index (Phi) is 4.53. The summed E-state index contributed by atoms with van der Waals surface area (Å²) in [5.41, 5.74) is 0. The predicted molar refractivity (Wildman–Crippen MR) is 79.7 cm³/mol. The van der Waals surface area contributed by atoms with E-state index in [0.29, 0.717) is 12.3 Å². The molecule has 1 fully saturated rings. The van der Waals surface area contributed by atoms with Crippen molar-refractivity contribution in [1.29, 1.82) is 0 Å². The van der Waals surface area contributed by atoms with E-state index in [9.17, 15) is 4.79 Å². The van der Waals surface area contributed by atoms with Gasteiger partial charge in [-0.3, -0.25) is 9.69 Å². The van der Waals surface area contributed by atoms with Gasteiger partial charge in [0.05, 0.1) is 6.54 Å². The average Bonchev–Trinajstić information content (AvgIpc) is 2.95. The second kappa shape index (κ2) is 6.56. The molecule has 1 aromatic heterocycles. The fourth-order valence-corrected chi connectivity index (χ4v) is 3.28. The maximum absolute atomic E-state index is 12.2. The third-order valence-electron chi connectivity index (χ3n) is 4.58. The first-order valence-corrected chi connectivity index (χ1v) is 8.19. The SMILES string of the molecule is CCc1nnc2n1CCN(CCC(=O)N1CCCCC1)C2. The van der Waals surface area contributed by atoms with Crippen molar-refractivity contribution in [1.82, 2.24) is 24.6 Å². The number of nitrogens with zero attached hydrogens (tertiary/aromatic N) is 5. The molecule has 0 N–H and O–H groups in total. The fourth-order valence-electron chi connectivity index (χ4n) is 3.28. The Labute approximate surface area is 126 Å². The zero-order chi connectivity index (χ0) is 14.7. The van der Waals surface area contributed by atoms with Gasteiger partial charge >= 0.3 is 0 Å². The van der Waals surface area contributed by atoms with E-state index in [4.69, 9.17) is 0 Å². The van der Waals surface area contributed by atoms with Crippen LogP contribution in [0.4, 0.5) is 0 Å². The van der Waals surface area contributed by atoms with E-state index in [2.05, 4.69) is 26.6 Å². The van der Waals surface area contributed by atoms with E-state index in [1.165, 1.54) is 19.3 Å². The standard InChI is InChI=1S/C15H25N5O/c1-2-13-16-17-14-12-18(10-11-20(13)14)9-6-15(21)19-7-4-3-5-8-19/h2-12H2,1H3. The molecule has 6 heteroatoms. The highest BCUT2D eigenvalue weighted by Gasteiger charge is 2.22. The first kappa shape index (κ1) is 14.5. The molecule has 21 heavy (non-hydrogen) atoms. The summed E-state index contributed by atoms with van der Waals surface area (Å²) in [6.45, 7) is 7.61. The number of aromatic nitrogens is 3. The number of piperidine rings is 1. The molecule has 0 aromatic carbocycles. The summed E-state index contributed by atoms with van der Waals surface area (Å²) < 4.78 is 2.23. The van der Waals surface area contributed by atoms with Gasteiger partial charge in [0.25, 0.3) is 0 Å². The van der Waals surface area contributed by atoms with Gasteiger partial charge in [-0.05, 0) is 19.3 Å². The minimum atomic E-state index is 0.316. The van der Waals surface area contributed by atoms with Crippen molar-refractivity contribution >= 4 is 5.91 Å². The molecule has 2 aliphatic heterocycles. The summed E-state index contributed by atoms with van der Waals surface area (Å²) in [7, 11) is 0. The average molecular weight is 291 g/mol. The van der Waals surface area contributed by atoms with Gasteiger partial charge in [-0.25, -0.2) is 0 Å². The van der Waals surface area contributed by atoms with Crippen molar-refractivity contribution in [2.75, 3.05) is 26.2 Å². The molecule has 0 radical (unpaired) electrons. The summed E-state index contributed by atoms with van der Waals surface area (Å²) in [6, 6.07) is 0. The van der Waals surface area contributed by atoms with Crippen LogP contribution in [-0.2, 0) is 24.3 Å². The number of carbonyl (C=O) groups excluding carboxylic acids is 1. The van der Waals surface area contributed by atoms with E-state index < -0.39 is 0 Å². The molecule has 6 nitrogen and oxygen atoms in total. The second-order valence-corrected chi connectivity index (χ2v) is 6.01. The molecular weight excluding hydrogens is 266 g/mol. The first-order chi connectivity index (χ1) is 10.3. The van der Waals surface area contributed by atoms with Crippen molar-refractivity contribution in [3.8, 4) is 0 Å². The number of likely N-dealkylation sites (tertiary alicyclic amines) is 1. The van der Waals surface area contributed by atoms with Crippen molar-refractivity contribution in [2.45, 2.75) is 52.1 Å². The zero-order valence-corrected chi connectivity index (χ0v) is 12.9. The number of rotatable bonds is 4. The molecule has 116 valence electrons. The minimum absolute atomic E-state index is 0.316. The van der Waals surface area contributed by atoms with Gasteiger partial charge in [-0.1, -0.05) is 6.92 Å². The summed E-state index contributed by atoms with van der Waals surface area (Å²) >= 11 is 0. The highest BCUT2D eigenvalue weighted by atomic mass is 16.2. The molecule has 0 bridgehead atoms. The van der Waals surface area contributed by atoms with E-state index in [1.807, 2.05) is 4.90 Å². The Balaban J connectivity index is 1.49. The lowest BCUT2D eigenvalue weighted by molar-refractivity contribution is -0.132. The number of amides is 1. The lowest BCUT2D eigenvalue weighted by Crippen LogP contribution is -2.40. The highest BCUT2D eigenvalue weighted by molar-refractivity contribution is 5.76. The third-order valence-corrected chi connectivity index (χ3v) is 4.58. The van der Waals surface area contributed by atoms with Crippen LogP contribution in [0.2, 0.25) is 0 Å².